The molecule has 0 heterocycles. The summed E-state index contributed by atoms with van der Waals surface area (Å²) >= 11 is 0. The minimum Gasteiger partial charge on any atom is -0.494 e. The lowest BCUT2D eigenvalue weighted by molar-refractivity contribution is 0.308. The Labute approximate surface area is 115 Å². The van der Waals surface area contributed by atoms with Crippen LogP contribution in [0.15, 0.2) is 48.5 Å². The largest absolute Gasteiger partial charge is 0.494 e. The van der Waals surface area contributed by atoms with Crippen LogP contribution in [-0.4, -0.2) is 13.2 Å². The number of hydrogen-bond acceptors (Lipinski definition) is 2. The Kier molecular flexibility index (Phi) is 4.99. The third kappa shape index (κ3) is 4.11. The second kappa shape index (κ2) is 6.95. The van der Waals surface area contributed by atoms with Crippen LogP contribution in [0, 0.1) is 6.92 Å². The van der Waals surface area contributed by atoms with Crippen LogP contribution in [0.4, 0.5) is 0 Å². The Balaban J connectivity index is 1.96. The van der Waals surface area contributed by atoms with Gasteiger partial charge in [0.05, 0.1) is 6.61 Å². The molecule has 19 heavy (non-hydrogen) atoms. The van der Waals surface area contributed by atoms with Gasteiger partial charge in [-0.05, 0) is 49.6 Å². The van der Waals surface area contributed by atoms with Gasteiger partial charge in [-0.3, -0.25) is 0 Å². The summed E-state index contributed by atoms with van der Waals surface area (Å²) in [4.78, 5) is 0. The summed E-state index contributed by atoms with van der Waals surface area (Å²) in [5.41, 5.74) is 9.18. The molecule has 100 valence electrons. The normalized spacial score (nSPS) is 10.4. The molecular weight excluding hydrogens is 234 g/mol. The van der Waals surface area contributed by atoms with Crippen LogP contribution < -0.4 is 10.5 Å². The van der Waals surface area contributed by atoms with E-state index in [0.29, 0.717) is 0 Å². The van der Waals surface area contributed by atoms with Gasteiger partial charge in [0, 0.05) is 0 Å². The van der Waals surface area contributed by atoms with Crippen LogP contribution in [0.5, 0.6) is 5.75 Å². The smallest absolute Gasteiger partial charge is 0.119 e. The molecule has 0 radical (unpaired) electrons. The van der Waals surface area contributed by atoms with E-state index < -0.39 is 0 Å². The van der Waals surface area contributed by atoms with Gasteiger partial charge in [0.15, 0.2) is 0 Å². The molecule has 0 saturated heterocycles. The first kappa shape index (κ1) is 13.6. The summed E-state index contributed by atoms with van der Waals surface area (Å²) in [5.74, 6) is 0.924. The number of nitrogens with two attached hydrogens (primary N) is 1. The van der Waals surface area contributed by atoms with Gasteiger partial charge in [-0.25, -0.2) is 0 Å². The second-order valence-corrected chi connectivity index (χ2v) is 4.73. The van der Waals surface area contributed by atoms with Crippen LogP contribution in [0.1, 0.15) is 18.4 Å². The number of rotatable bonds is 6. The molecule has 2 aromatic carbocycles. The van der Waals surface area contributed by atoms with E-state index in [1.165, 1.54) is 16.7 Å². The van der Waals surface area contributed by atoms with Gasteiger partial charge < -0.3 is 10.5 Å². The van der Waals surface area contributed by atoms with Crippen molar-refractivity contribution >= 4 is 0 Å². The van der Waals surface area contributed by atoms with Crippen molar-refractivity contribution < 1.29 is 4.74 Å². The van der Waals surface area contributed by atoms with Crippen LogP contribution in [0.2, 0.25) is 0 Å². The highest BCUT2D eigenvalue weighted by Crippen LogP contribution is 2.22. The third-order valence-electron chi connectivity index (χ3n) is 3.11. The van der Waals surface area contributed by atoms with E-state index in [1.807, 2.05) is 12.1 Å². The predicted molar refractivity (Wildman–Crippen MR) is 80.4 cm³/mol. The maximum Gasteiger partial charge on any atom is 0.119 e. The molecular formula is C17H21NO. The van der Waals surface area contributed by atoms with Crippen molar-refractivity contribution in [1.29, 1.82) is 0 Å². The van der Waals surface area contributed by atoms with Crippen molar-refractivity contribution in [2.45, 2.75) is 19.8 Å². The molecule has 2 N–H and O–H groups in total. The lowest BCUT2D eigenvalue weighted by Gasteiger charge is -2.07. The molecule has 2 nitrogen and oxygen atoms in total. The van der Waals surface area contributed by atoms with Gasteiger partial charge in [0.1, 0.15) is 5.75 Å². The SMILES string of the molecule is Cc1ccc(-c2ccc(OCCCCN)cc2)cc1. The molecule has 0 amide bonds. The summed E-state index contributed by atoms with van der Waals surface area (Å²) in [6, 6.07) is 16.8. The molecule has 0 bridgehead atoms. The van der Waals surface area contributed by atoms with Gasteiger partial charge in [-0.15, -0.1) is 0 Å². The van der Waals surface area contributed by atoms with Gasteiger partial charge in [-0.2, -0.15) is 0 Å². The number of ether oxygens (including phenoxy) is 1. The maximum atomic E-state index is 5.66. The van der Waals surface area contributed by atoms with Crippen molar-refractivity contribution in [3.05, 3.63) is 54.1 Å². The van der Waals surface area contributed by atoms with Crippen LogP contribution in [-0.2, 0) is 0 Å². The fourth-order valence-electron chi connectivity index (χ4n) is 1.93. The highest BCUT2D eigenvalue weighted by molar-refractivity contribution is 5.64. The van der Waals surface area contributed by atoms with Crippen molar-refractivity contribution in [3.63, 3.8) is 0 Å². The molecule has 0 spiro atoms. The minimum absolute atomic E-state index is 0.732. The predicted octanol–water partition coefficient (Wildman–Crippen LogP) is 3.78. The summed E-state index contributed by atoms with van der Waals surface area (Å²) in [6.07, 6.45) is 2.03. The molecule has 2 heteroatoms. The first-order chi connectivity index (χ1) is 9.29. The van der Waals surface area contributed by atoms with E-state index in [9.17, 15) is 0 Å². The first-order valence-electron chi connectivity index (χ1n) is 6.79. The van der Waals surface area contributed by atoms with E-state index in [2.05, 4.69) is 43.3 Å². The molecule has 0 aromatic heterocycles. The van der Waals surface area contributed by atoms with E-state index in [0.717, 1.165) is 31.7 Å². The monoisotopic (exact) mass is 255 g/mol. The zero-order valence-corrected chi connectivity index (χ0v) is 11.4. The summed E-state index contributed by atoms with van der Waals surface area (Å²) in [5, 5.41) is 0. The van der Waals surface area contributed by atoms with Gasteiger partial charge in [0.2, 0.25) is 0 Å². The Morgan fingerprint density at radius 3 is 2.00 bits per heavy atom. The van der Waals surface area contributed by atoms with Crippen molar-refractivity contribution in [2.24, 2.45) is 5.73 Å². The van der Waals surface area contributed by atoms with Crippen molar-refractivity contribution in [2.75, 3.05) is 13.2 Å². The summed E-state index contributed by atoms with van der Waals surface area (Å²) < 4.78 is 5.66. The molecule has 0 fully saturated rings. The molecule has 2 aromatic rings. The molecule has 2 rings (SSSR count). The lowest BCUT2D eigenvalue weighted by Crippen LogP contribution is -2.03. The molecule has 0 aliphatic heterocycles. The Morgan fingerprint density at radius 1 is 0.842 bits per heavy atom. The number of unbranched alkanes of at least 4 members (excludes halogenated alkanes) is 1. The van der Waals surface area contributed by atoms with Gasteiger partial charge in [-0.1, -0.05) is 42.0 Å². The summed E-state index contributed by atoms with van der Waals surface area (Å²) in [6.45, 7) is 3.57. The average molecular weight is 255 g/mol. The van der Waals surface area contributed by atoms with E-state index in [1.54, 1.807) is 0 Å². The Morgan fingerprint density at radius 2 is 1.42 bits per heavy atom. The fraction of sp³-hybridized carbons (Fsp3) is 0.294. The zero-order chi connectivity index (χ0) is 13.5. The fourth-order valence-corrected chi connectivity index (χ4v) is 1.93. The lowest BCUT2D eigenvalue weighted by atomic mass is 10.0. The first-order valence-corrected chi connectivity index (χ1v) is 6.79. The highest BCUT2D eigenvalue weighted by atomic mass is 16.5. The van der Waals surface area contributed by atoms with Crippen LogP contribution in [0.25, 0.3) is 11.1 Å². The van der Waals surface area contributed by atoms with Crippen LogP contribution >= 0.6 is 0 Å². The Bertz CT molecular complexity index is 488. The number of aryl methyl sites for hydroxylation is 1. The van der Waals surface area contributed by atoms with E-state index >= 15 is 0 Å². The average Bonchev–Trinajstić information content (AvgIpc) is 2.45. The summed E-state index contributed by atoms with van der Waals surface area (Å²) in [7, 11) is 0. The van der Waals surface area contributed by atoms with E-state index in [-0.39, 0.29) is 0 Å². The quantitative estimate of drug-likeness (QED) is 0.797. The molecule has 0 unspecified atom stereocenters. The zero-order valence-electron chi connectivity index (χ0n) is 11.4. The molecule has 0 aliphatic rings. The molecule has 0 atom stereocenters. The van der Waals surface area contributed by atoms with Crippen molar-refractivity contribution in [3.8, 4) is 16.9 Å². The topological polar surface area (TPSA) is 35.2 Å². The maximum absolute atomic E-state index is 5.66. The number of benzene rings is 2. The van der Waals surface area contributed by atoms with Crippen molar-refractivity contribution in [1.82, 2.24) is 0 Å². The Hall–Kier alpha value is -1.80. The third-order valence-corrected chi connectivity index (χ3v) is 3.11. The second-order valence-electron chi connectivity index (χ2n) is 4.73. The number of hydrogen-bond donors (Lipinski definition) is 1. The van der Waals surface area contributed by atoms with Gasteiger partial charge in [0.25, 0.3) is 0 Å². The van der Waals surface area contributed by atoms with Gasteiger partial charge >= 0.3 is 0 Å². The molecule has 0 aliphatic carbocycles. The van der Waals surface area contributed by atoms with Crippen LogP contribution in [0.3, 0.4) is 0 Å². The standard InChI is InChI=1S/C17H21NO/c1-14-4-6-15(7-5-14)16-8-10-17(11-9-16)19-13-3-2-12-18/h4-11H,2-3,12-13,18H2,1H3. The van der Waals surface area contributed by atoms with E-state index in [4.69, 9.17) is 10.5 Å². The highest BCUT2D eigenvalue weighted by Gasteiger charge is 1.98. The molecule has 0 saturated carbocycles. The minimum atomic E-state index is 0.732.